The fourth-order valence-corrected chi connectivity index (χ4v) is 4.09. The fraction of sp³-hybridized carbons (Fsp3) is 0.412. The van der Waals surface area contributed by atoms with Crippen LogP contribution >= 0.6 is 11.3 Å². The minimum atomic E-state index is -2.43. The molecule has 2 amide bonds. The van der Waals surface area contributed by atoms with Crippen LogP contribution in [-0.4, -0.2) is 55.6 Å². The van der Waals surface area contributed by atoms with Crippen LogP contribution < -0.4 is 10.2 Å². The minimum absolute atomic E-state index is 0.0716. The van der Waals surface area contributed by atoms with Gasteiger partial charge in [-0.3, -0.25) is 9.69 Å². The molecule has 12 heteroatoms. The molecule has 0 spiro atoms. The van der Waals surface area contributed by atoms with Crippen LogP contribution in [0, 0.1) is 5.82 Å². The first-order valence-electron chi connectivity index (χ1n) is 8.80. The average molecular weight is 442 g/mol. The summed E-state index contributed by atoms with van der Waals surface area (Å²) in [6.07, 6.45) is -0.229. The number of aryl methyl sites for hydroxylation is 1. The number of rotatable bonds is 8. The molecular weight excluding hydrogens is 423 g/mol. The molecule has 1 N–H and O–H groups in total. The number of benzene rings is 1. The molecule has 0 bridgehead atoms. The number of carbonyl (C=O) groups is 2. The van der Waals surface area contributed by atoms with Crippen LogP contribution in [0.3, 0.4) is 0 Å². The Labute approximate surface area is 171 Å². The van der Waals surface area contributed by atoms with Crippen LogP contribution in [0.15, 0.2) is 18.2 Å². The number of thiol groups is 1. The lowest BCUT2D eigenvalue weighted by Crippen LogP contribution is -2.33. The van der Waals surface area contributed by atoms with Crippen molar-refractivity contribution in [3.63, 3.8) is 0 Å². The number of aromatic nitrogens is 2. The van der Waals surface area contributed by atoms with Gasteiger partial charge >= 0.3 is 6.09 Å². The highest BCUT2D eigenvalue weighted by molar-refractivity contribution is 7.72. The van der Waals surface area contributed by atoms with E-state index in [1.165, 1.54) is 35.3 Å². The number of hydrogen-bond acceptors (Lipinski definition) is 8. The number of amides is 2. The van der Waals surface area contributed by atoms with Crippen molar-refractivity contribution >= 4 is 39.7 Å². The largest absolute Gasteiger partial charge is 0.442 e. The summed E-state index contributed by atoms with van der Waals surface area (Å²) in [4.78, 5) is 24.3. The molecule has 1 saturated heterocycles. The fourth-order valence-electron chi connectivity index (χ4n) is 2.76. The number of nitrogens with one attached hydrogen (secondary N) is 1. The van der Waals surface area contributed by atoms with Gasteiger partial charge in [0.15, 0.2) is 5.01 Å². The molecule has 156 valence electrons. The van der Waals surface area contributed by atoms with E-state index >= 15 is 0 Å². The molecule has 1 aromatic carbocycles. The molecular formula is C17H19FN4O5S2. The van der Waals surface area contributed by atoms with E-state index in [4.69, 9.17) is 4.74 Å². The van der Waals surface area contributed by atoms with E-state index in [2.05, 4.69) is 15.5 Å². The van der Waals surface area contributed by atoms with Crippen molar-refractivity contribution in [1.82, 2.24) is 15.5 Å². The van der Waals surface area contributed by atoms with Crippen LogP contribution in [0.5, 0.6) is 0 Å². The molecule has 1 aromatic heterocycles. The summed E-state index contributed by atoms with van der Waals surface area (Å²) < 4.78 is 41.1. The molecule has 0 saturated carbocycles. The van der Waals surface area contributed by atoms with Crippen molar-refractivity contribution in [2.75, 3.05) is 23.7 Å². The number of cyclic esters (lactones) is 1. The van der Waals surface area contributed by atoms with Crippen LogP contribution in [0.25, 0.3) is 10.6 Å². The maximum absolute atomic E-state index is 14.7. The van der Waals surface area contributed by atoms with E-state index in [-0.39, 0.29) is 30.3 Å². The molecule has 29 heavy (non-hydrogen) atoms. The summed E-state index contributed by atoms with van der Waals surface area (Å²) in [6, 6.07) is 4.32. The first-order valence-corrected chi connectivity index (χ1v) is 11.0. The Morgan fingerprint density at radius 2 is 2.21 bits per heavy atom. The third-order valence-electron chi connectivity index (χ3n) is 4.15. The summed E-state index contributed by atoms with van der Waals surface area (Å²) in [5.74, 6) is -0.721. The van der Waals surface area contributed by atoms with E-state index in [9.17, 15) is 22.4 Å². The maximum Gasteiger partial charge on any atom is 0.414 e. The first-order chi connectivity index (χ1) is 13.8. The van der Waals surface area contributed by atoms with Gasteiger partial charge in [-0.25, -0.2) is 17.6 Å². The van der Waals surface area contributed by atoms with E-state index in [0.29, 0.717) is 28.5 Å². The summed E-state index contributed by atoms with van der Waals surface area (Å²) >= 11 is 1.20. The zero-order valence-corrected chi connectivity index (χ0v) is 17.2. The molecule has 0 radical (unpaired) electrons. The predicted molar refractivity (Wildman–Crippen MR) is 105 cm³/mol. The number of hydrogen-bond donors (Lipinski definition) is 2. The molecule has 1 aliphatic rings. The lowest BCUT2D eigenvalue weighted by Gasteiger charge is -2.14. The summed E-state index contributed by atoms with van der Waals surface area (Å²) in [7, 11) is -2.43. The van der Waals surface area contributed by atoms with Crippen LogP contribution in [0.2, 0.25) is 0 Å². The second-order valence-corrected chi connectivity index (χ2v) is 8.55. The lowest BCUT2D eigenvalue weighted by molar-refractivity contribution is -0.119. The van der Waals surface area contributed by atoms with Gasteiger partial charge in [-0.05, 0) is 24.6 Å². The molecule has 2 aromatic rings. The number of nitrogens with zero attached hydrogens (tertiary/aromatic N) is 3. The molecule has 1 unspecified atom stereocenters. The molecule has 9 nitrogen and oxygen atoms in total. The van der Waals surface area contributed by atoms with Crippen LogP contribution in [0.1, 0.15) is 18.4 Å². The standard InChI is InChI=1S/C17H19FN4O5S2/c1-10(23)19-8-12-9-22(17(24)27-12)11-4-5-13(14(18)7-11)16-21-20-15(28-16)3-2-6-29(25)26/h4-5,7,12,29H,2-3,6,8-9H2,1H3,(H,19,23). The Balaban J connectivity index is 1.68. The molecule has 2 heterocycles. The lowest BCUT2D eigenvalue weighted by atomic mass is 10.2. The molecule has 1 atom stereocenters. The zero-order chi connectivity index (χ0) is 21.0. The Kier molecular flexibility index (Phi) is 6.75. The van der Waals surface area contributed by atoms with Crippen molar-refractivity contribution in [3.8, 4) is 10.6 Å². The van der Waals surface area contributed by atoms with Gasteiger partial charge < -0.3 is 10.1 Å². The quantitative estimate of drug-likeness (QED) is 0.593. The van der Waals surface area contributed by atoms with Crippen molar-refractivity contribution in [2.45, 2.75) is 25.9 Å². The third-order valence-corrected chi connectivity index (χ3v) is 5.84. The maximum atomic E-state index is 14.7. The zero-order valence-electron chi connectivity index (χ0n) is 15.5. The second kappa shape index (κ2) is 9.27. The average Bonchev–Trinajstić information content (AvgIpc) is 3.26. The second-order valence-electron chi connectivity index (χ2n) is 6.38. The van der Waals surface area contributed by atoms with Crippen molar-refractivity contribution in [2.24, 2.45) is 0 Å². The van der Waals surface area contributed by atoms with Gasteiger partial charge in [-0.15, -0.1) is 10.2 Å². The minimum Gasteiger partial charge on any atom is -0.442 e. The van der Waals surface area contributed by atoms with Crippen molar-refractivity contribution in [3.05, 3.63) is 29.0 Å². The normalized spacial score (nSPS) is 16.3. The highest BCUT2D eigenvalue weighted by Crippen LogP contribution is 2.31. The third kappa shape index (κ3) is 5.48. The van der Waals surface area contributed by atoms with Gasteiger partial charge in [-0.1, -0.05) is 11.3 Å². The summed E-state index contributed by atoms with van der Waals surface area (Å²) in [5, 5.41) is 11.5. The van der Waals surface area contributed by atoms with Crippen molar-refractivity contribution < 1.29 is 27.1 Å². The Bertz CT molecular complexity index is 986. The van der Waals surface area contributed by atoms with Gasteiger partial charge in [0.05, 0.1) is 18.8 Å². The van der Waals surface area contributed by atoms with Crippen molar-refractivity contribution in [1.29, 1.82) is 0 Å². The van der Waals surface area contributed by atoms with Crippen LogP contribution in [0.4, 0.5) is 14.9 Å². The van der Waals surface area contributed by atoms with Gasteiger partial charge in [0, 0.05) is 24.7 Å². The number of carbonyl (C=O) groups excluding carboxylic acids is 2. The van der Waals surface area contributed by atoms with Gasteiger partial charge in [0.25, 0.3) is 0 Å². The first kappa shape index (κ1) is 21.1. The van der Waals surface area contributed by atoms with Gasteiger partial charge in [0.2, 0.25) is 5.91 Å². The highest BCUT2D eigenvalue weighted by atomic mass is 32.2. The molecule has 0 aliphatic carbocycles. The predicted octanol–water partition coefficient (Wildman–Crippen LogP) is 1.35. The highest BCUT2D eigenvalue weighted by Gasteiger charge is 2.32. The molecule has 3 rings (SSSR count). The van der Waals surface area contributed by atoms with E-state index in [0.717, 1.165) is 0 Å². The number of halogens is 1. The molecule has 1 aliphatic heterocycles. The van der Waals surface area contributed by atoms with E-state index in [1.807, 2.05) is 0 Å². The summed E-state index contributed by atoms with van der Waals surface area (Å²) in [5.41, 5.74) is 0.584. The number of ether oxygens (including phenoxy) is 1. The molecule has 1 fully saturated rings. The SMILES string of the molecule is CC(=O)NCC1CN(c2ccc(-c3nnc(CCC[SH](=O)=O)s3)c(F)c2)C(=O)O1. The van der Waals surface area contributed by atoms with E-state index < -0.39 is 28.7 Å². The number of anilines is 1. The van der Waals surface area contributed by atoms with Gasteiger partial charge in [-0.2, -0.15) is 0 Å². The van der Waals surface area contributed by atoms with Crippen LogP contribution in [-0.2, 0) is 26.7 Å². The summed E-state index contributed by atoms with van der Waals surface area (Å²) in [6.45, 7) is 1.75. The topological polar surface area (TPSA) is 119 Å². The smallest absolute Gasteiger partial charge is 0.414 e. The van der Waals surface area contributed by atoms with E-state index in [1.54, 1.807) is 6.07 Å². The monoisotopic (exact) mass is 442 g/mol. The Morgan fingerprint density at radius 3 is 2.90 bits per heavy atom. The Morgan fingerprint density at radius 1 is 1.41 bits per heavy atom. The Hall–Kier alpha value is -2.60. The van der Waals surface area contributed by atoms with Gasteiger partial charge in [0.1, 0.15) is 27.6 Å².